The van der Waals surface area contributed by atoms with Crippen LogP contribution in [0.2, 0.25) is 0 Å². The smallest absolute Gasteiger partial charge is 0.271 e. The number of halogens is 4. The van der Waals surface area contributed by atoms with Gasteiger partial charge in [-0.2, -0.15) is 18.3 Å². The maximum atomic E-state index is 12.5. The second-order valence-corrected chi connectivity index (χ2v) is 5.47. The Morgan fingerprint density at radius 3 is 2.38 bits per heavy atom. The fourth-order valence-electron chi connectivity index (χ4n) is 2.11. The lowest BCUT2D eigenvalue weighted by molar-refractivity contribution is -0.137. The monoisotopic (exact) mass is 362 g/mol. The number of benzene rings is 1. The number of rotatable bonds is 4. The second-order valence-electron chi connectivity index (χ2n) is 4.62. The molecular weight excluding hydrogens is 349 g/mol. The maximum absolute atomic E-state index is 12.5. The third-order valence-electron chi connectivity index (χ3n) is 3.19. The molecule has 0 bridgehead atoms. The van der Waals surface area contributed by atoms with Gasteiger partial charge < -0.3 is 0 Å². The van der Waals surface area contributed by atoms with Gasteiger partial charge >= 0.3 is 6.18 Å². The van der Waals surface area contributed by atoms with E-state index in [1.807, 2.05) is 0 Å². The zero-order chi connectivity index (χ0) is 15.6. The molecule has 1 aromatic carbocycles. The Morgan fingerprint density at radius 2 is 1.95 bits per heavy atom. The molecule has 2 aromatic rings. The van der Waals surface area contributed by atoms with E-state index in [4.69, 9.17) is 5.84 Å². The molecule has 1 unspecified atom stereocenters. The molecule has 0 amide bonds. The van der Waals surface area contributed by atoms with E-state index in [2.05, 4.69) is 26.5 Å². The Labute approximate surface area is 128 Å². The Morgan fingerprint density at radius 1 is 1.33 bits per heavy atom. The Kier molecular flexibility index (Phi) is 4.70. The quantitative estimate of drug-likeness (QED) is 0.649. The third kappa shape index (κ3) is 3.63. The molecule has 1 atom stereocenters. The van der Waals surface area contributed by atoms with Crippen LogP contribution in [-0.4, -0.2) is 9.78 Å². The molecule has 1 heterocycles. The summed E-state index contributed by atoms with van der Waals surface area (Å²) in [5.74, 6) is 5.56. The fraction of sp³-hybridized carbons (Fsp3) is 0.308. The van der Waals surface area contributed by atoms with Crippen molar-refractivity contribution in [3.63, 3.8) is 0 Å². The zero-order valence-corrected chi connectivity index (χ0v) is 12.7. The highest BCUT2D eigenvalue weighted by molar-refractivity contribution is 9.10. The SMILES string of the molecule is Cn1ncc(Br)c1C(Cc1ccc(C(F)(F)F)cc1)NN. The lowest BCUT2D eigenvalue weighted by Crippen LogP contribution is -2.31. The van der Waals surface area contributed by atoms with Crippen LogP contribution >= 0.6 is 15.9 Å². The van der Waals surface area contributed by atoms with E-state index >= 15 is 0 Å². The number of aromatic nitrogens is 2. The number of hydrogen-bond acceptors (Lipinski definition) is 3. The van der Waals surface area contributed by atoms with Crippen molar-refractivity contribution in [2.75, 3.05) is 0 Å². The summed E-state index contributed by atoms with van der Waals surface area (Å²) < 4.78 is 40.0. The van der Waals surface area contributed by atoms with E-state index in [9.17, 15) is 13.2 Å². The van der Waals surface area contributed by atoms with Crippen molar-refractivity contribution >= 4 is 15.9 Å². The second kappa shape index (κ2) is 6.17. The van der Waals surface area contributed by atoms with Crippen LogP contribution in [0.15, 0.2) is 34.9 Å². The number of alkyl halides is 3. The van der Waals surface area contributed by atoms with Crippen molar-refractivity contribution in [3.8, 4) is 0 Å². The average molecular weight is 363 g/mol. The molecule has 0 aliphatic carbocycles. The van der Waals surface area contributed by atoms with Crippen molar-refractivity contribution in [2.45, 2.75) is 18.6 Å². The van der Waals surface area contributed by atoms with Crippen LogP contribution in [0.25, 0.3) is 0 Å². The zero-order valence-electron chi connectivity index (χ0n) is 11.2. The molecule has 0 aliphatic rings. The number of nitrogens with one attached hydrogen (secondary N) is 1. The largest absolute Gasteiger partial charge is 0.416 e. The third-order valence-corrected chi connectivity index (χ3v) is 3.80. The molecule has 3 N–H and O–H groups in total. The summed E-state index contributed by atoms with van der Waals surface area (Å²) in [7, 11) is 1.77. The van der Waals surface area contributed by atoms with Gasteiger partial charge in [-0.15, -0.1) is 0 Å². The first-order valence-corrected chi connectivity index (χ1v) is 6.92. The van der Waals surface area contributed by atoms with Gasteiger partial charge in [0.15, 0.2) is 0 Å². The first kappa shape index (κ1) is 16.0. The topological polar surface area (TPSA) is 55.9 Å². The van der Waals surface area contributed by atoms with Crippen molar-refractivity contribution < 1.29 is 13.2 Å². The van der Waals surface area contributed by atoms with Crippen LogP contribution in [-0.2, 0) is 19.6 Å². The minimum Gasteiger partial charge on any atom is -0.271 e. The van der Waals surface area contributed by atoms with Crippen LogP contribution in [0.1, 0.15) is 22.9 Å². The van der Waals surface area contributed by atoms with Gasteiger partial charge in [-0.05, 0) is 40.0 Å². The highest BCUT2D eigenvalue weighted by Crippen LogP contribution is 2.30. The first-order chi connectivity index (χ1) is 9.82. The Bertz CT molecular complexity index is 587. The van der Waals surface area contributed by atoms with Crippen LogP contribution < -0.4 is 11.3 Å². The summed E-state index contributed by atoms with van der Waals surface area (Å²) in [6, 6.07) is 4.79. The minimum absolute atomic E-state index is 0.261. The first-order valence-electron chi connectivity index (χ1n) is 6.12. The highest BCUT2D eigenvalue weighted by atomic mass is 79.9. The predicted octanol–water partition coefficient (Wildman–Crippen LogP) is 2.95. The Hall–Kier alpha value is -1.38. The maximum Gasteiger partial charge on any atom is 0.416 e. The van der Waals surface area contributed by atoms with E-state index < -0.39 is 11.7 Å². The van der Waals surface area contributed by atoms with Gasteiger partial charge in [0.2, 0.25) is 0 Å². The molecule has 0 aliphatic heterocycles. The molecule has 1 aromatic heterocycles. The standard InChI is InChI=1S/C13H14BrF3N4/c1-21-12(10(14)7-19-21)11(20-18)6-8-2-4-9(5-3-8)13(15,16)17/h2-5,7,11,20H,6,18H2,1H3. The van der Waals surface area contributed by atoms with Crippen LogP contribution in [0.4, 0.5) is 13.2 Å². The number of hydrazine groups is 1. The lowest BCUT2D eigenvalue weighted by atomic mass is 10.0. The summed E-state index contributed by atoms with van der Waals surface area (Å²) in [6.45, 7) is 0. The molecule has 0 saturated carbocycles. The van der Waals surface area contributed by atoms with E-state index in [-0.39, 0.29) is 6.04 Å². The van der Waals surface area contributed by atoms with Crippen LogP contribution in [0.5, 0.6) is 0 Å². The molecule has 114 valence electrons. The molecule has 0 saturated heterocycles. The van der Waals surface area contributed by atoms with Gasteiger partial charge in [-0.25, -0.2) is 0 Å². The normalized spacial score (nSPS) is 13.4. The van der Waals surface area contributed by atoms with E-state index in [0.717, 1.165) is 27.9 Å². The molecular formula is C13H14BrF3N4. The summed E-state index contributed by atoms with van der Waals surface area (Å²) in [6.07, 6.45) is -2.23. The summed E-state index contributed by atoms with van der Waals surface area (Å²) in [4.78, 5) is 0. The van der Waals surface area contributed by atoms with Crippen LogP contribution in [0.3, 0.4) is 0 Å². The molecule has 8 heteroatoms. The highest BCUT2D eigenvalue weighted by Gasteiger charge is 2.30. The molecule has 0 radical (unpaired) electrons. The van der Waals surface area contributed by atoms with Crippen molar-refractivity contribution in [2.24, 2.45) is 12.9 Å². The molecule has 0 fully saturated rings. The van der Waals surface area contributed by atoms with Gasteiger partial charge in [0.1, 0.15) is 0 Å². The van der Waals surface area contributed by atoms with Gasteiger partial charge in [0.25, 0.3) is 0 Å². The number of nitrogens with two attached hydrogens (primary N) is 1. The average Bonchev–Trinajstić information content (AvgIpc) is 2.75. The van der Waals surface area contributed by atoms with Gasteiger partial charge in [0.05, 0.1) is 28.0 Å². The minimum atomic E-state index is -4.32. The number of nitrogens with zero attached hydrogens (tertiary/aromatic N) is 2. The van der Waals surface area contributed by atoms with Gasteiger partial charge in [-0.1, -0.05) is 12.1 Å². The predicted molar refractivity (Wildman–Crippen MR) is 76.1 cm³/mol. The fourth-order valence-corrected chi connectivity index (χ4v) is 2.74. The van der Waals surface area contributed by atoms with Crippen molar-refractivity contribution in [3.05, 3.63) is 51.8 Å². The van der Waals surface area contributed by atoms with E-state index in [0.29, 0.717) is 6.42 Å². The summed E-state index contributed by atoms with van der Waals surface area (Å²) in [5, 5.41) is 4.10. The summed E-state index contributed by atoms with van der Waals surface area (Å²) in [5.41, 5.74) is 3.58. The van der Waals surface area contributed by atoms with Gasteiger partial charge in [-0.3, -0.25) is 16.0 Å². The Balaban J connectivity index is 2.20. The van der Waals surface area contributed by atoms with Crippen molar-refractivity contribution in [1.29, 1.82) is 0 Å². The molecule has 4 nitrogen and oxygen atoms in total. The summed E-state index contributed by atoms with van der Waals surface area (Å²) >= 11 is 3.38. The molecule has 21 heavy (non-hydrogen) atoms. The molecule has 0 spiro atoms. The number of hydrogen-bond donors (Lipinski definition) is 2. The molecule has 2 rings (SSSR count). The van der Waals surface area contributed by atoms with Crippen molar-refractivity contribution in [1.82, 2.24) is 15.2 Å². The number of aryl methyl sites for hydroxylation is 1. The van der Waals surface area contributed by atoms with E-state index in [1.54, 1.807) is 17.9 Å². The van der Waals surface area contributed by atoms with E-state index in [1.165, 1.54) is 12.1 Å². The van der Waals surface area contributed by atoms with Crippen LogP contribution in [0, 0.1) is 0 Å². The van der Waals surface area contributed by atoms with Gasteiger partial charge in [0, 0.05) is 7.05 Å². The lowest BCUT2D eigenvalue weighted by Gasteiger charge is -2.17.